The van der Waals surface area contributed by atoms with Crippen molar-refractivity contribution >= 4 is 5.78 Å². The summed E-state index contributed by atoms with van der Waals surface area (Å²) < 4.78 is 0. The number of hydrogen-bond donors (Lipinski definition) is 0. The second-order valence-corrected chi connectivity index (χ2v) is 6.84. The lowest BCUT2D eigenvalue weighted by atomic mass is 9.89. The van der Waals surface area contributed by atoms with Crippen molar-refractivity contribution in [1.29, 1.82) is 0 Å². The topological polar surface area (TPSA) is 20.3 Å². The molecule has 0 radical (unpaired) electrons. The summed E-state index contributed by atoms with van der Waals surface area (Å²) in [6.45, 7) is 2.41. The molecule has 2 aliphatic rings. The van der Waals surface area contributed by atoms with E-state index in [4.69, 9.17) is 0 Å². The molecule has 0 N–H and O–H groups in total. The first-order valence-corrected chi connectivity index (χ1v) is 8.74. The predicted octanol–water partition coefficient (Wildman–Crippen LogP) is 3.81. The predicted molar refractivity (Wildman–Crippen MR) is 92.8 cm³/mol. The summed E-state index contributed by atoms with van der Waals surface area (Å²) in [6, 6.07) is 14.9. The summed E-state index contributed by atoms with van der Waals surface area (Å²) in [5.74, 6) is 0.262. The molecule has 23 heavy (non-hydrogen) atoms. The van der Waals surface area contributed by atoms with E-state index < -0.39 is 0 Å². The lowest BCUT2D eigenvalue weighted by molar-refractivity contribution is 0.0921. The fourth-order valence-corrected chi connectivity index (χ4v) is 3.89. The Labute approximate surface area is 138 Å². The lowest BCUT2D eigenvalue weighted by Gasteiger charge is -2.28. The molecule has 0 aromatic heterocycles. The Kier molecular flexibility index (Phi) is 4.00. The van der Waals surface area contributed by atoms with Crippen LogP contribution in [0.3, 0.4) is 0 Å². The Morgan fingerprint density at radius 3 is 2.48 bits per heavy atom. The average Bonchev–Trinajstić information content (AvgIpc) is 2.61. The fourth-order valence-electron chi connectivity index (χ4n) is 3.89. The third-order valence-electron chi connectivity index (χ3n) is 5.25. The molecule has 2 nitrogen and oxygen atoms in total. The van der Waals surface area contributed by atoms with E-state index >= 15 is 0 Å². The summed E-state index contributed by atoms with van der Waals surface area (Å²) in [6.07, 6.45) is 5.90. The molecule has 0 amide bonds. The number of Topliss-reactive ketones (excluding diaryl/α,β-unsaturated/α-hetero) is 1. The van der Waals surface area contributed by atoms with E-state index in [0.29, 0.717) is 6.54 Å². The maximum absolute atomic E-state index is 12.7. The van der Waals surface area contributed by atoms with Gasteiger partial charge in [0.25, 0.3) is 0 Å². The summed E-state index contributed by atoms with van der Waals surface area (Å²) in [7, 11) is 0. The van der Waals surface area contributed by atoms with Gasteiger partial charge in [0.1, 0.15) is 0 Å². The molecule has 2 aromatic rings. The van der Waals surface area contributed by atoms with Gasteiger partial charge in [-0.05, 0) is 60.4 Å². The molecular weight excluding hydrogens is 282 g/mol. The molecule has 0 unspecified atom stereocenters. The van der Waals surface area contributed by atoms with Gasteiger partial charge in [0, 0.05) is 18.7 Å². The third kappa shape index (κ3) is 3.09. The zero-order valence-corrected chi connectivity index (χ0v) is 13.6. The quantitative estimate of drug-likeness (QED) is 0.804. The van der Waals surface area contributed by atoms with E-state index in [1.807, 2.05) is 6.07 Å². The van der Waals surface area contributed by atoms with Crippen LogP contribution in [0.15, 0.2) is 42.5 Å². The van der Waals surface area contributed by atoms with Crippen LogP contribution in [0.25, 0.3) is 0 Å². The van der Waals surface area contributed by atoms with Gasteiger partial charge in [-0.1, -0.05) is 36.4 Å². The SMILES string of the molecule is O=C(CN1CCc2ccccc2C1)c1ccc2c(c1)CCCC2. The van der Waals surface area contributed by atoms with Crippen LogP contribution in [0, 0.1) is 0 Å². The Balaban J connectivity index is 1.46. The molecule has 2 aromatic carbocycles. The largest absolute Gasteiger partial charge is 0.293 e. The van der Waals surface area contributed by atoms with Crippen molar-refractivity contribution in [3.63, 3.8) is 0 Å². The minimum absolute atomic E-state index is 0.262. The van der Waals surface area contributed by atoms with Crippen molar-refractivity contribution in [1.82, 2.24) is 4.90 Å². The molecule has 2 heteroatoms. The summed E-state index contributed by atoms with van der Waals surface area (Å²) in [5.41, 5.74) is 6.54. The van der Waals surface area contributed by atoms with Gasteiger partial charge < -0.3 is 0 Å². The van der Waals surface area contributed by atoms with Crippen LogP contribution in [-0.2, 0) is 25.8 Å². The number of rotatable bonds is 3. The summed E-state index contributed by atoms with van der Waals surface area (Å²) in [5, 5.41) is 0. The minimum Gasteiger partial charge on any atom is -0.293 e. The zero-order valence-electron chi connectivity index (χ0n) is 13.6. The normalized spacial score (nSPS) is 17.4. The van der Waals surface area contributed by atoms with Crippen molar-refractivity contribution in [2.75, 3.05) is 13.1 Å². The van der Waals surface area contributed by atoms with Crippen LogP contribution in [0.4, 0.5) is 0 Å². The summed E-state index contributed by atoms with van der Waals surface area (Å²) >= 11 is 0. The molecule has 4 rings (SSSR count). The Morgan fingerprint density at radius 1 is 0.870 bits per heavy atom. The molecule has 118 valence electrons. The van der Waals surface area contributed by atoms with Crippen LogP contribution in [0.5, 0.6) is 0 Å². The highest BCUT2D eigenvalue weighted by atomic mass is 16.1. The smallest absolute Gasteiger partial charge is 0.176 e. The van der Waals surface area contributed by atoms with Crippen molar-refractivity contribution in [3.05, 3.63) is 70.3 Å². The molecule has 0 saturated heterocycles. The van der Waals surface area contributed by atoms with Gasteiger partial charge in [0.15, 0.2) is 5.78 Å². The van der Waals surface area contributed by atoms with Crippen LogP contribution >= 0.6 is 0 Å². The van der Waals surface area contributed by atoms with E-state index in [1.54, 1.807) is 0 Å². The van der Waals surface area contributed by atoms with Gasteiger partial charge in [0.05, 0.1) is 6.54 Å². The average molecular weight is 305 g/mol. The van der Waals surface area contributed by atoms with Crippen LogP contribution in [0.2, 0.25) is 0 Å². The number of carbonyl (C=O) groups excluding carboxylic acids is 1. The standard InChI is InChI=1S/C21H23NO/c23-21(19-10-9-16-5-1-3-7-18(16)13-19)15-22-12-11-17-6-2-4-8-20(17)14-22/h2,4,6,8-10,13H,1,3,5,7,11-12,14-15H2. The summed E-state index contributed by atoms with van der Waals surface area (Å²) in [4.78, 5) is 15.0. The molecule has 0 saturated carbocycles. The van der Waals surface area contributed by atoms with Gasteiger partial charge in [-0.25, -0.2) is 0 Å². The third-order valence-corrected chi connectivity index (χ3v) is 5.25. The second kappa shape index (κ2) is 6.29. The Bertz CT molecular complexity index is 734. The lowest BCUT2D eigenvalue weighted by Crippen LogP contribution is -2.34. The van der Waals surface area contributed by atoms with E-state index in [2.05, 4.69) is 41.3 Å². The highest BCUT2D eigenvalue weighted by Crippen LogP contribution is 2.23. The number of carbonyl (C=O) groups is 1. The monoisotopic (exact) mass is 305 g/mol. The van der Waals surface area contributed by atoms with Gasteiger partial charge in [-0.3, -0.25) is 9.69 Å². The van der Waals surface area contributed by atoms with Gasteiger partial charge in [0.2, 0.25) is 0 Å². The number of hydrogen-bond acceptors (Lipinski definition) is 2. The van der Waals surface area contributed by atoms with Crippen molar-refractivity contribution in [3.8, 4) is 0 Å². The second-order valence-electron chi connectivity index (χ2n) is 6.84. The zero-order chi connectivity index (χ0) is 15.6. The van der Waals surface area contributed by atoms with Gasteiger partial charge >= 0.3 is 0 Å². The molecule has 1 aliphatic heterocycles. The Morgan fingerprint density at radius 2 is 1.61 bits per heavy atom. The number of benzene rings is 2. The van der Waals surface area contributed by atoms with Crippen molar-refractivity contribution < 1.29 is 4.79 Å². The van der Waals surface area contributed by atoms with Gasteiger partial charge in [-0.2, -0.15) is 0 Å². The van der Waals surface area contributed by atoms with Crippen molar-refractivity contribution in [2.24, 2.45) is 0 Å². The first-order chi connectivity index (χ1) is 11.3. The van der Waals surface area contributed by atoms with Crippen LogP contribution in [-0.4, -0.2) is 23.8 Å². The van der Waals surface area contributed by atoms with E-state index in [-0.39, 0.29) is 5.78 Å². The minimum atomic E-state index is 0.262. The molecule has 1 heterocycles. The van der Waals surface area contributed by atoms with Crippen molar-refractivity contribution in [2.45, 2.75) is 38.6 Å². The number of ketones is 1. The molecular formula is C21H23NO. The molecule has 0 fully saturated rings. The molecule has 0 bridgehead atoms. The first kappa shape index (κ1) is 14.6. The molecule has 1 aliphatic carbocycles. The van der Waals surface area contributed by atoms with E-state index in [1.165, 1.54) is 41.5 Å². The molecule has 0 atom stereocenters. The van der Waals surface area contributed by atoms with E-state index in [0.717, 1.165) is 31.5 Å². The number of nitrogens with zero attached hydrogens (tertiary/aromatic N) is 1. The Hall–Kier alpha value is -1.93. The van der Waals surface area contributed by atoms with Gasteiger partial charge in [-0.15, -0.1) is 0 Å². The number of aryl methyl sites for hydroxylation is 2. The van der Waals surface area contributed by atoms with Crippen LogP contribution < -0.4 is 0 Å². The molecule has 0 spiro atoms. The maximum atomic E-state index is 12.7. The van der Waals surface area contributed by atoms with Crippen LogP contribution in [0.1, 0.15) is 45.5 Å². The number of fused-ring (bicyclic) bond motifs is 2. The van der Waals surface area contributed by atoms with E-state index in [9.17, 15) is 4.79 Å². The maximum Gasteiger partial charge on any atom is 0.176 e. The first-order valence-electron chi connectivity index (χ1n) is 8.74. The highest BCUT2D eigenvalue weighted by molar-refractivity contribution is 5.97. The highest BCUT2D eigenvalue weighted by Gasteiger charge is 2.19. The fraction of sp³-hybridized carbons (Fsp3) is 0.381.